The summed E-state index contributed by atoms with van der Waals surface area (Å²) in [5.74, 6) is 1.80. The van der Waals surface area contributed by atoms with Crippen molar-refractivity contribution < 1.29 is 19.0 Å². The predicted octanol–water partition coefficient (Wildman–Crippen LogP) is 1.47. The molecule has 1 aliphatic rings. The number of aromatic nitrogens is 2. The average molecular weight is 433 g/mol. The molecule has 2 N–H and O–H groups in total. The van der Waals surface area contributed by atoms with Crippen LogP contribution in [-0.2, 0) is 16.6 Å². The normalized spacial score (nSPS) is 16.9. The Morgan fingerprint density at radius 3 is 2.46 bits per heavy atom. The Morgan fingerprint density at radius 1 is 1.29 bits per heavy atom. The molecular weight excluding hydrogens is 407 g/mol. The number of imidazole rings is 1. The smallest absolute Gasteiger partial charge is 0.251 e. The molecule has 2 aromatic rings. The summed E-state index contributed by atoms with van der Waals surface area (Å²) < 4.78 is 18.2. The third kappa shape index (κ3) is 5.51. The van der Waals surface area contributed by atoms with Gasteiger partial charge in [-0.05, 0) is 17.7 Å². The zero-order chi connectivity index (χ0) is 18.5. The second kappa shape index (κ2) is 11.1. The summed E-state index contributed by atoms with van der Waals surface area (Å²) in [5.41, 5.74) is 0.813. The van der Waals surface area contributed by atoms with E-state index in [9.17, 15) is 4.79 Å². The topological polar surface area (TPSA) is 86.6 Å². The van der Waals surface area contributed by atoms with E-state index in [-0.39, 0.29) is 30.7 Å². The van der Waals surface area contributed by atoms with Crippen LogP contribution < -0.4 is 20.1 Å². The Labute approximate surface area is 176 Å². The molecule has 1 amide bonds. The molecular formula is C18H26Cl2N4O4. The summed E-state index contributed by atoms with van der Waals surface area (Å²) in [7, 11) is 5.07. The number of nitrogens with zero attached hydrogens (tertiary/aromatic N) is 2. The van der Waals surface area contributed by atoms with Gasteiger partial charge in [0.05, 0.1) is 20.8 Å². The zero-order valence-electron chi connectivity index (χ0n) is 16.0. The molecule has 1 fully saturated rings. The molecule has 2 unspecified atom stereocenters. The van der Waals surface area contributed by atoms with E-state index in [0.717, 1.165) is 12.1 Å². The molecule has 0 spiro atoms. The van der Waals surface area contributed by atoms with Crippen LogP contribution in [0.4, 0.5) is 0 Å². The van der Waals surface area contributed by atoms with Crippen LogP contribution in [0.15, 0.2) is 30.6 Å². The maximum Gasteiger partial charge on any atom is 0.251 e. The number of nitrogens with one attached hydrogen (secondary N) is 2. The lowest BCUT2D eigenvalue weighted by Crippen LogP contribution is -2.49. The lowest BCUT2D eigenvalue weighted by Gasteiger charge is -2.26. The van der Waals surface area contributed by atoms with Crippen LogP contribution in [0.3, 0.4) is 0 Å². The van der Waals surface area contributed by atoms with Gasteiger partial charge in [0.2, 0.25) is 0 Å². The molecule has 10 heteroatoms. The number of carbonyl (C=O) groups excluding carboxylic acids is 1. The Bertz CT molecular complexity index is 744. The number of amides is 1. The molecule has 0 saturated carbocycles. The summed E-state index contributed by atoms with van der Waals surface area (Å²) in [6.45, 7) is 1.75. The summed E-state index contributed by atoms with van der Waals surface area (Å²) in [5, 5.41) is 6.22. The quantitative estimate of drug-likeness (QED) is 0.718. The Balaban J connectivity index is 0.00000196. The molecule has 1 aromatic carbocycles. The van der Waals surface area contributed by atoms with E-state index in [1.54, 1.807) is 26.5 Å². The lowest BCUT2D eigenvalue weighted by atomic mass is 10.0. The van der Waals surface area contributed by atoms with E-state index in [2.05, 4.69) is 15.6 Å². The number of benzene rings is 1. The minimum Gasteiger partial charge on any atom is -0.497 e. The number of morpholine rings is 1. The van der Waals surface area contributed by atoms with E-state index < -0.39 is 12.1 Å². The molecule has 2 atom stereocenters. The van der Waals surface area contributed by atoms with E-state index in [1.165, 1.54) is 0 Å². The highest BCUT2D eigenvalue weighted by atomic mass is 35.5. The van der Waals surface area contributed by atoms with Crippen molar-refractivity contribution in [1.82, 2.24) is 20.2 Å². The fourth-order valence-electron chi connectivity index (χ4n) is 2.92. The highest BCUT2D eigenvalue weighted by molar-refractivity contribution is 5.85. The van der Waals surface area contributed by atoms with Gasteiger partial charge in [-0.3, -0.25) is 4.79 Å². The van der Waals surface area contributed by atoms with Gasteiger partial charge in [0.25, 0.3) is 5.91 Å². The first-order valence-electron chi connectivity index (χ1n) is 8.45. The molecule has 28 heavy (non-hydrogen) atoms. The summed E-state index contributed by atoms with van der Waals surface area (Å²) in [6, 6.07) is 5.05. The van der Waals surface area contributed by atoms with Crippen LogP contribution in [0, 0.1) is 0 Å². The molecule has 0 bridgehead atoms. The third-order valence-electron chi connectivity index (χ3n) is 4.33. The molecule has 0 radical (unpaired) electrons. The van der Waals surface area contributed by atoms with Crippen molar-refractivity contribution in [3.8, 4) is 11.5 Å². The van der Waals surface area contributed by atoms with E-state index in [4.69, 9.17) is 14.2 Å². The van der Waals surface area contributed by atoms with Gasteiger partial charge in [-0.1, -0.05) is 0 Å². The van der Waals surface area contributed by atoms with Gasteiger partial charge in [-0.15, -0.1) is 24.8 Å². The molecule has 3 rings (SSSR count). The van der Waals surface area contributed by atoms with Gasteiger partial charge in [-0.25, -0.2) is 4.98 Å². The van der Waals surface area contributed by atoms with Crippen LogP contribution in [0.2, 0.25) is 0 Å². The number of ether oxygens (including phenoxy) is 3. The van der Waals surface area contributed by atoms with Crippen LogP contribution in [0.5, 0.6) is 11.5 Å². The van der Waals surface area contributed by atoms with Crippen molar-refractivity contribution in [2.24, 2.45) is 7.05 Å². The fourth-order valence-corrected chi connectivity index (χ4v) is 2.92. The van der Waals surface area contributed by atoms with Crippen molar-refractivity contribution in [3.05, 3.63) is 42.0 Å². The van der Waals surface area contributed by atoms with Gasteiger partial charge in [-0.2, -0.15) is 0 Å². The summed E-state index contributed by atoms with van der Waals surface area (Å²) in [6.07, 6.45) is 3.01. The summed E-state index contributed by atoms with van der Waals surface area (Å²) in [4.78, 5) is 17.1. The predicted molar refractivity (Wildman–Crippen MR) is 110 cm³/mol. The summed E-state index contributed by atoms with van der Waals surface area (Å²) >= 11 is 0. The Hall–Kier alpha value is -2.00. The van der Waals surface area contributed by atoms with Crippen molar-refractivity contribution in [3.63, 3.8) is 0 Å². The van der Waals surface area contributed by atoms with Crippen molar-refractivity contribution in [2.45, 2.75) is 12.1 Å². The molecule has 156 valence electrons. The number of carbonyl (C=O) groups is 1. The van der Waals surface area contributed by atoms with Gasteiger partial charge in [0.15, 0.2) is 0 Å². The first kappa shape index (κ1) is 24.0. The first-order chi connectivity index (χ1) is 12.6. The van der Waals surface area contributed by atoms with Crippen molar-refractivity contribution >= 4 is 30.7 Å². The Kier molecular flexibility index (Phi) is 9.54. The molecule has 1 aliphatic heterocycles. The molecule has 1 saturated heterocycles. The highest BCUT2D eigenvalue weighted by Gasteiger charge is 2.28. The van der Waals surface area contributed by atoms with Crippen LogP contribution in [0.1, 0.15) is 17.4 Å². The SMILES string of the molecule is COc1cc(OC)cc(C(NC(=O)C2CNCCO2)c2nccn2C)c1.Cl.Cl. The van der Waals surface area contributed by atoms with Gasteiger partial charge < -0.3 is 29.4 Å². The molecule has 8 nitrogen and oxygen atoms in total. The van der Waals surface area contributed by atoms with Crippen molar-refractivity contribution in [1.29, 1.82) is 0 Å². The van der Waals surface area contributed by atoms with Crippen LogP contribution >= 0.6 is 24.8 Å². The molecule has 1 aromatic heterocycles. The van der Waals surface area contributed by atoms with Crippen LogP contribution in [-0.4, -0.2) is 55.5 Å². The monoisotopic (exact) mass is 432 g/mol. The third-order valence-corrected chi connectivity index (χ3v) is 4.33. The second-order valence-electron chi connectivity index (χ2n) is 6.05. The standard InChI is InChI=1S/C18H24N4O4.2ClH/c1-22-6-4-20-17(22)16(21-18(23)15-11-19-5-7-26-15)12-8-13(24-2)10-14(9-12)25-3;;/h4,6,8-10,15-16,19H,5,7,11H2,1-3H3,(H,21,23);2*1H. The minimum absolute atomic E-state index is 0. The first-order valence-corrected chi connectivity index (χ1v) is 8.45. The molecule has 2 heterocycles. The molecule has 0 aliphatic carbocycles. The zero-order valence-corrected chi connectivity index (χ0v) is 17.6. The van der Waals surface area contributed by atoms with Crippen LogP contribution in [0.25, 0.3) is 0 Å². The van der Waals surface area contributed by atoms with Gasteiger partial charge >= 0.3 is 0 Å². The number of methoxy groups -OCH3 is 2. The van der Waals surface area contributed by atoms with Gasteiger partial charge in [0, 0.05) is 38.6 Å². The number of rotatable bonds is 6. The average Bonchev–Trinajstić information content (AvgIpc) is 3.11. The number of hydrogen-bond donors (Lipinski definition) is 2. The van der Waals surface area contributed by atoms with Gasteiger partial charge in [0.1, 0.15) is 29.5 Å². The van der Waals surface area contributed by atoms with E-state index in [1.807, 2.05) is 29.9 Å². The number of aryl methyl sites for hydroxylation is 1. The maximum atomic E-state index is 12.7. The maximum absolute atomic E-state index is 12.7. The highest BCUT2D eigenvalue weighted by Crippen LogP contribution is 2.29. The lowest BCUT2D eigenvalue weighted by molar-refractivity contribution is -0.134. The van der Waals surface area contributed by atoms with E-state index in [0.29, 0.717) is 30.5 Å². The number of hydrogen-bond acceptors (Lipinski definition) is 6. The van der Waals surface area contributed by atoms with Crippen molar-refractivity contribution in [2.75, 3.05) is 33.9 Å². The second-order valence-corrected chi connectivity index (χ2v) is 6.05. The fraction of sp³-hybridized carbons (Fsp3) is 0.444. The number of halogens is 2. The Morgan fingerprint density at radius 2 is 1.96 bits per heavy atom. The minimum atomic E-state index is -0.529. The van der Waals surface area contributed by atoms with E-state index >= 15 is 0 Å². The largest absolute Gasteiger partial charge is 0.497 e.